The molecule has 0 aromatic heterocycles. The minimum Gasteiger partial charge on any atom is -0.377 e. The van der Waals surface area contributed by atoms with Crippen LogP contribution in [0.2, 0.25) is 0 Å². The minimum absolute atomic E-state index is 0.0346. The average molecular weight is 1560 g/mol. The molecule has 0 radical (unpaired) electrons. The number of nitrogens with one attached hydrogen (secondary N) is 3. The first-order valence-corrected chi connectivity index (χ1v) is 37.9. The molecule has 3 heterocycles. The molecule has 2 bridgehead atoms. The molecule has 10 atom stereocenters. The van der Waals surface area contributed by atoms with Crippen molar-refractivity contribution in [2.24, 2.45) is 17.8 Å². The lowest BCUT2D eigenvalue weighted by Crippen LogP contribution is -2.65. The summed E-state index contributed by atoms with van der Waals surface area (Å²) in [5.74, 6) is -15.3. The Bertz CT molecular complexity index is 3680. The van der Waals surface area contributed by atoms with Gasteiger partial charge >= 0.3 is 12.4 Å². The molecule has 2 aromatic rings. The van der Waals surface area contributed by atoms with Gasteiger partial charge < -0.3 is 64.8 Å². The second-order valence-electron chi connectivity index (χ2n) is 30.5. The van der Waals surface area contributed by atoms with Crippen LogP contribution in [0.1, 0.15) is 160 Å². The Kier molecular flexibility index (Phi) is 30.5. The third-order valence-electron chi connectivity index (χ3n) is 22.4. The number of benzene rings is 2. The van der Waals surface area contributed by atoms with Crippen molar-refractivity contribution in [2.75, 3.05) is 88.7 Å². The molecule has 610 valence electrons. The number of fused-ring (bicyclic) bond motifs is 3. The highest BCUT2D eigenvalue weighted by molar-refractivity contribution is 6.01. The van der Waals surface area contributed by atoms with Gasteiger partial charge in [-0.15, -0.1) is 0 Å². The number of carbonyl (C=O) groups is 12. The van der Waals surface area contributed by atoms with Crippen molar-refractivity contribution >= 4 is 70.9 Å². The third-order valence-corrected chi connectivity index (χ3v) is 22.4. The second kappa shape index (κ2) is 38.0. The number of carbonyl (C=O) groups excluding carboxylic acids is 12. The molecule has 33 heteroatoms. The number of hydrogen-bond acceptors (Lipinski definition) is 13. The molecule has 2 saturated heterocycles. The van der Waals surface area contributed by atoms with Crippen molar-refractivity contribution < 1.29 is 97.4 Å². The van der Waals surface area contributed by atoms with Crippen LogP contribution in [0.25, 0.3) is 0 Å². The van der Waals surface area contributed by atoms with E-state index in [0.29, 0.717) is 57.1 Å². The number of hydrogen-bond donors (Lipinski definition) is 3. The van der Waals surface area contributed by atoms with Crippen molar-refractivity contribution in [1.82, 2.24) is 60.0 Å². The van der Waals surface area contributed by atoms with Gasteiger partial charge in [0.05, 0.1) is 31.2 Å². The van der Waals surface area contributed by atoms with Crippen molar-refractivity contribution in [3.63, 3.8) is 0 Å². The smallest absolute Gasteiger partial charge is 0.377 e. The van der Waals surface area contributed by atoms with Gasteiger partial charge in [-0.05, 0) is 125 Å². The molecule has 12 amide bonds. The van der Waals surface area contributed by atoms with Crippen LogP contribution >= 0.6 is 0 Å². The molecule has 7 rings (SSSR count). The number of rotatable bonds is 14. The van der Waals surface area contributed by atoms with Crippen LogP contribution < -0.4 is 16.0 Å². The molecule has 25 nitrogen and oxygen atoms in total. The molecule has 2 aromatic carbocycles. The zero-order chi connectivity index (χ0) is 81.8. The van der Waals surface area contributed by atoms with Crippen LogP contribution in [-0.4, -0.2) is 264 Å². The van der Waals surface area contributed by atoms with E-state index in [-0.39, 0.29) is 76.2 Å². The summed E-state index contributed by atoms with van der Waals surface area (Å²) < 4.78 is 120. The maximum atomic E-state index is 15.7. The monoisotopic (exact) mass is 1560 g/mol. The van der Waals surface area contributed by atoms with Gasteiger partial charge in [-0.3, -0.25) is 57.5 Å². The van der Waals surface area contributed by atoms with Crippen molar-refractivity contribution in [2.45, 2.75) is 223 Å². The Balaban J connectivity index is 1.37. The van der Waals surface area contributed by atoms with Crippen LogP contribution in [-0.2, 0) is 87.5 Å². The molecule has 1 spiro atoms. The lowest BCUT2D eigenvalue weighted by molar-refractivity contribution is -0.156. The first-order chi connectivity index (χ1) is 51.6. The molecular weight excluding hydrogens is 1450 g/mol. The number of alkyl halides is 6. The van der Waals surface area contributed by atoms with Gasteiger partial charge in [0.2, 0.25) is 70.9 Å². The van der Waals surface area contributed by atoms with Gasteiger partial charge in [-0.25, -0.2) is 8.78 Å². The standard InChI is InChI=1S/C77H108F8N12O13/c1-14-46(6)64-72(107)91(9)44-62(100)92(10)55-26-18-17-23-35-96(71(55)106)59(39-47-27-30-50(31-28-47)76(80,81)82)70(105)90(8)43-60(98)86-54(32-29-48-37-52(78)63(53(79)38-48)77(83,84)85)68(103)97-42-51(110-16-3)40-57(97)67(102)88-75(33-21-22-34-75)74(109)95(13)65(49-24-19-20-25-49)73(108)94(12)58(69(104)89(7)15-2)41-61(99)93(11)56(36-45(4)5)66(101)87-64/h17-18,27-28,30-31,37-38,45-46,49,51,54-59,64-65H,14-16,19-26,29,32-36,39-44H2,1-13H3,(H,86,98)(H,87,101)(H,88,102)/b18-17-/t46-,51+,54-,55-,56-,57-,58-,59-,64-,65-/m0/s1. The predicted octanol–water partition coefficient (Wildman–Crippen LogP) is 6.52. The van der Waals surface area contributed by atoms with E-state index in [1.54, 1.807) is 39.8 Å². The highest BCUT2D eigenvalue weighted by Crippen LogP contribution is 2.39. The fourth-order valence-corrected chi connectivity index (χ4v) is 15.6. The fraction of sp³-hybridized carbons (Fsp3) is 0.662. The van der Waals surface area contributed by atoms with Crippen molar-refractivity contribution in [3.8, 4) is 0 Å². The summed E-state index contributed by atoms with van der Waals surface area (Å²) in [6.45, 7) is 8.37. The van der Waals surface area contributed by atoms with Crippen LogP contribution in [0.5, 0.6) is 0 Å². The Labute approximate surface area is 637 Å². The maximum absolute atomic E-state index is 15.7. The summed E-state index contributed by atoms with van der Waals surface area (Å²) in [7, 11) is 9.36. The molecular formula is C77H108F8N12O13. The lowest BCUT2D eigenvalue weighted by atomic mass is 9.90. The van der Waals surface area contributed by atoms with Crippen LogP contribution in [0, 0.1) is 29.4 Å². The van der Waals surface area contributed by atoms with Gasteiger partial charge in [0.25, 0.3) is 0 Å². The molecule has 3 aliphatic heterocycles. The van der Waals surface area contributed by atoms with Gasteiger partial charge in [0.1, 0.15) is 71.1 Å². The Morgan fingerprint density at radius 1 is 0.664 bits per heavy atom. The van der Waals surface area contributed by atoms with Crippen molar-refractivity contribution in [1.29, 1.82) is 0 Å². The zero-order valence-electron chi connectivity index (χ0n) is 65.2. The van der Waals surface area contributed by atoms with E-state index in [0.717, 1.165) is 65.6 Å². The van der Waals surface area contributed by atoms with E-state index in [2.05, 4.69) is 16.0 Å². The number of ether oxygens (including phenoxy) is 1. The quantitative estimate of drug-likeness (QED) is 0.134. The number of likely N-dealkylation sites (N-methyl/N-ethyl adjacent to an activating group) is 7. The van der Waals surface area contributed by atoms with Crippen LogP contribution in [0.15, 0.2) is 48.6 Å². The molecule has 0 unspecified atom stereocenters. The predicted molar refractivity (Wildman–Crippen MR) is 388 cm³/mol. The lowest BCUT2D eigenvalue weighted by Gasteiger charge is -2.42. The van der Waals surface area contributed by atoms with Crippen LogP contribution in [0.3, 0.4) is 0 Å². The molecule has 4 fully saturated rings. The summed E-state index contributed by atoms with van der Waals surface area (Å²) in [6.07, 6.45) is -7.04. The Morgan fingerprint density at radius 3 is 1.85 bits per heavy atom. The van der Waals surface area contributed by atoms with Gasteiger partial charge in [0, 0.05) is 88.4 Å². The van der Waals surface area contributed by atoms with Gasteiger partial charge in [0.15, 0.2) is 0 Å². The normalized spacial score (nSPS) is 25.9. The summed E-state index contributed by atoms with van der Waals surface area (Å²) >= 11 is 0. The molecule has 2 saturated carbocycles. The zero-order valence-corrected chi connectivity index (χ0v) is 65.2. The number of aryl methyl sites for hydroxylation is 1. The number of halogens is 8. The van der Waals surface area contributed by atoms with Crippen LogP contribution in [0.4, 0.5) is 35.1 Å². The molecule has 3 N–H and O–H groups in total. The maximum Gasteiger partial charge on any atom is 0.422 e. The first kappa shape index (κ1) is 88.4. The summed E-state index contributed by atoms with van der Waals surface area (Å²) in [6, 6.07) is -7.32. The summed E-state index contributed by atoms with van der Waals surface area (Å²) in [5.41, 5.74) is -5.27. The van der Waals surface area contributed by atoms with E-state index in [1.165, 1.54) is 52.1 Å². The minimum atomic E-state index is -5.46. The van der Waals surface area contributed by atoms with Crippen molar-refractivity contribution in [3.05, 3.63) is 82.4 Å². The molecule has 110 heavy (non-hydrogen) atoms. The Hall–Kier alpha value is -8.78. The number of nitrogens with zero attached hydrogens (tertiary/aromatic N) is 9. The third kappa shape index (κ3) is 21.3. The van der Waals surface area contributed by atoms with Gasteiger partial charge in [-0.1, -0.05) is 84.1 Å². The van der Waals surface area contributed by atoms with E-state index < -0.39 is 222 Å². The molecule has 2 aliphatic carbocycles. The fourth-order valence-electron chi connectivity index (χ4n) is 15.6. The molecule has 5 aliphatic rings. The van der Waals surface area contributed by atoms with E-state index in [4.69, 9.17) is 4.74 Å². The average Bonchev–Trinajstić information content (AvgIpc) is 1.54. The Morgan fingerprint density at radius 2 is 1.28 bits per heavy atom. The second-order valence-corrected chi connectivity index (χ2v) is 30.5. The SMILES string of the molecule is CCO[C@@H]1C[C@H]2C(=O)NC3(CCCC3)C(=O)N(C)[C@@H](C3CCCC3)C(=O)N(C)[C@H](C(=O)N(C)CC)CC(=O)N(C)[C@@H](CC(C)C)C(=O)N[C@@H]([C@@H](C)CC)C(=O)N(C)CC(=O)N(C)[C@H]3C/C=C\CCN(C3=O)[C@@H](Cc3ccc(C(F)(F)F)cc3)C(=O)N(C)CC(=O)N[C@@H](CCc3cc(F)c(C(F)(F)F)c(F)c3)C(=O)N2C1. The summed E-state index contributed by atoms with van der Waals surface area (Å²) in [4.78, 5) is 192. The topological polar surface area (TPSA) is 279 Å². The summed E-state index contributed by atoms with van der Waals surface area (Å²) in [5, 5.41) is 8.36. The van der Waals surface area contributed by atoms with E-state index >= 15 is 42.3 Å². The van der Waals surface area contributed by atoms with E-state index in [9.17, 15) is 50.3 Å². The number of amides is 12. The highest BCUT2D eigenvalue weighted by atomic mass is 19.4. The van der Waals surface area contributed by atoms with E-state index in [1.807, 2.05) is 13.8 Å². The highest BCUT2D eigenvalue weighted by Gasteiger charge is 2.53. The van der Waals surface area contributed by atoms with Gasteiger partial charge in [-0.2, -0.15) is 26.3 Å². The first-order valence-electron chi connectivity index (χ1n) is 37.9. The largest absolute Gasteiger partial charge is 0.422 e.